The van der Waals surface area contributed by atoms with Crippen molar-refractivity contribution in [2.45, 2.75) is 20.0 Å². The summed E-state index contributed by atoms with van der Waals surface area (Å²) in [7, 11) is 0. The molecule has 0 saturated heterocycles. The highest BCUT2D eigenvalue weighted by atomic mass is 16.3. The van der Waals surface area contributed by atoms with E-state index in [1.807, 2.05) is 47.9 Å². The largest absolute Gasteiger partial charge is 0.463 e. The number of hydrogen-bond donors (Lipinski definition) is 1. The smallest absolute Gasteiger partial charge is 0.268 e. The lowest BCUT2D eigenvalue weighted by Gasteiger charge is -2.08. The Kier molecular flexibility index (Phi) is 4.05. The number of carbonyl (C=O) groups excluding carboxylic acids is 1. The van der Waals surface area contributed by atoms with Gasteiger partial charge in [-0.3, -0.25) is 9.78 Å². The van der Waals surface area contributed by atoms with Crippen LogP contribution in [0.2, 0.25) is 0 Å². The van der Waals surface area contributed by atoms with Crippen LogP contribution in [0.4, 0.5) is 0 Å². The van der Waals surface area contributed by atoms with Crippen LogP contribution in [0.1, 0.15) is 23.1 Å². The SMILES string of the molecule is C/C=C\Cn1c(C(=O)NCc2ccccn2)cc2occc21. The molecule has 3 aromatic rings. The zero-order chi connectivity index (χ0) is 15.4. The molecule has 0 fully saturated rings. The fraction of sp³-hybridized carbons (Fsp3) is 0.176. The molecular formula is C17H17N3O2. The number of amides is 1. The van der Waals surface area contributed by atoms with E-state index in [1.165, 1.54) is 0 Å². The van der Waals surface area contributed by atoms with E-state index in [0.29, 0.717) is 24.4 Å². The Hall–Kier alpha value is -2.82. The summed E-state index contributed by atoms with van der Waals surface area (Å²) in [5.74, 6) is -0.137. The molecule has 0 aliphatic carbocycles. The van der Waals surface area contributed by atoms with Crippen molar-refractivity contribution in [2.75, 3.05) is 0 Å². The Morgan fingerprint density at radius 3 is 3.09 bits per heavy atom. The van der Waals surface area contributed by atoms with Crippen molar-refractivity contribution in [3.05, 3.63) is 66.3 Å². The van der Waals surface area contributed by atoms with Gasteiger partial charge in [0, 0.05) is 24.9 Å². The minimum absolute atomic E-state index is 0.137. The van der Waals surface area contributed by atoms with E-state index in [9.17, 15) is 4.79 Å². The van der Waals surface area contributed by atoms with Gasteiger partial charge in [0.25, 0.3) is 5.91 Å². The molecule has 3 aromatic heterocycles. The van der Waals surface area contributed by atoms with Gasteiger partial charge >= 0.3 is 0 Å². The van der Waals surface area contributed by atoms with E-state index < -0.39 is 0 Å². The highest BCUT2D eigenvalue weighted by molar-refractivity contribution is 5.97. The molecule has 3 heterocycles. The molecule has 0 aliphatic rings. The van der Waals surface area contributed by atoms with Gasteiger partial charge in [0.2, 0.25) is 0 Å². The molecule has 0 bridgehead atoms. The van der Waals surface area contributed by atoms with Gasteiger partial charge in [0.1, 0.15) is 5.69 Å². The summed E-state index contributed by atoms with van der Waals surface area (Å²) in [4.78, 5) is 16.6. The first-order chi connectivity index (χ1) is 10.8. The molecule has 5 heteroatoms. The predicted octanol–water partition coefficient (Wildman–Crippen LogP) is 3.14. The highest BCUT2D eigenvalue weighted by Crippen LogP contribution is 2.21. The monoisotopic (exact) mass is 295 g/mol. The molecule has 0 aromatic carbocycles. The number of furan rings is 1. The second-order valence-corrected chi connectivity index (χ2v) is 4.88. The maximum absolute atomic E-state index is 12.4. The predicted molar refractivity (Wildman–Crippen MR) is 84.4 cm³/mol. The van der Waals surface area contributed by atoms with E-state index in [0.717, 1.165) is 11.2 Å². The maximum Gasteiger partial charge on any atom is 0.268 e. The molecule has 0 spiro atoms. The van der Waals surface area contributed by atoms with Crippen LogP contribution in [0.15, 0.2) is 59.4 Å². The molecule has 0 unspecified atom stereocenters. The van der Waals surface area contributed by atoms with Crippen LogP contribution in [-0.4, -0.2) is 15.5 Å². The van der Waals surface area contributed by atoms with Crippen LogP contribution in [0, 0.1) is 0 Å². The van der Waals surface area contributed by atoms with Crippen LogP contribution in [0.25, 0.3) is 11.1 Å². The summed E-state index contributed by atoms with van der Waals surface area (Å²) in [6.45, 7) is 2.98. The summed E-state index contributed by atoms with van der Waals surface area (Å²) in [5.41, 5.74) is 3.04. The van der Waals surface area contributed by atoms with Crippen molar-refractivity contribution in [2.24, 2.45) is 0 Å². The Balaban J connectivity index is 1.82. The van der Waals surface area contributed by atoms with Crippen LogP contribution >= 0.6 is 0 Å². The van der Waals surface area contributed by atoms with E-state index >= 15 is 0 Å². The fourth-order valence-electron chi connectivity index (χ4n) is 2.34. The third-order valence-electron chi connectivity index (χ3n) is 3.44. The Labute approximate surface area is 128 Å². The average molecular weight is 295 g/mol. The van der Waals surface area contributed by atoms with Crippen LogP contribution < -0.4 is 5.32 Å². The standard InChI is InChI=1S/C17H17N3O2/c1-2-3-9-20-14-7-10-22-16(14)11-15(20)17(21)19-12-13-6-4-5-8-18-13/h2-8,10-11H,9,12H2,1H3,(H,19,21)/b3-2-. The summed E-state index contributed by atoms with van der Waals surface area (Å²) in [6, 6.07) is 9.27. The van der Waals surface area contributed by atoms with E-state index in [4.69, 9.17) is 4.42 Å². The van der Waals surface area contributed by atoms with Crippen molar-refractivity contribution in [1.29, 1.82) is 0 Å². The average Bonchev–Trinajstić information content (AvgIpc) is 3.13. The molecule has 22 heavy (non-hydrogen) atoms. The minimum atomic E-state index is -0.137. The molecule has 5 nitrogen and oxygen atoms in total. The number of aromatic nitrogens is 2. The number of fused-ring (bicyclic) bond motifs is 1. The van der Waals surface area contributed by atoms with Crippen molar-refractivity contribution in [3.63, 3.8) is 0 Å². The molecule has 3 rings (SSSR count). The lowest BCUT2D eigenvalue weighted by atomic mass is 10.3. The van der Waals surface area contributed by atoms with Gasteiger partial charge < -0.3 is 14.3 Å². The zero-order valence-electron chi connectivity index (χ0n) is 12.3. The number of rotatable bonds is 5. The molecule has 0 saturated carbocycles. The van der Waals surface area contributed by atoms with Gasteiger partial charge in [0.15, 0.2) is 5.58 Å². The second-order valence-electron chi connectivity index (χ2n) is 4.88. The normalized spacial score (nSPS) is 11.3. The topological polar surface area (TPSA) is 60.1 Å². The molecule has 1 amide bonds. The number of pyridine rings is 1. The maximum atomic E-state index is 12.4. The first-order valence-electron chi connectivity index (χ1n) is 7.15. The fourth-order valence-corrected chi connectivity index (χ4v) is 2.34. The van der Waals surface area contributed by atoms with Gasteiger partial charge in [-0.2, -0.15) is 0 Å². The molecule has 0 aliphatic heterocycles. The Bertz CT molecular complexity index is 800. The number of nitrogens with zero attached hydrogens (tertiary/aromatic N) is 2. The van der Waals surface area contributed by atoms with Crippen molar-refractivity contribution in [3.8, 4) is 0 Å². The summed E-state index contributed by atoms with van der Waals surface area (Å²) < 4.78 is 7.33. The molecule has 0 radical (unpaired) electrons. The Morgan fingerprint density at radius 2 is 2.32 bits per heavy atom. The van der Waals surface area contributed by atoms with Crippen molar-refractivity contribution < 1.29 is 9.21 Å². The van der Waals surface area contributed by atoms with Crippen LogP contribution in [0.5, 0.6) is 0 Å². The van der Waals surface area contributed by atoms with Gasteiger partial charge in [0.05, 0.1) is 24.0 Å². The first kappa shape index (κ1) is 14.1. The number of nitrogens with one attached hydrogen (secondary N) is 1. The van der Waals surface area contributed by atoms with Gasteiger partial charge in [-0.05, 0) is 19.1 Å². The van der Waals surface area contributed by atoms with Crippen LogP contribution in [-0.2, 0) is 13.1 Å². The van der Waals surface area contributed by atoms with Gasteiger partial charge in [-0.1, -0.05) is 18.2 Å². The summed E-state index contributed by atoms with van der Waals surface area (Å²) >= 11 is 0. The lowest BCUT2D eigenvalue weighted by Crippen LogP contribution is -2.25. The summed E-state index contributed by atoms with van der Waals surface area (Å²) in [5, 5.41) is 2.89. The zero-order valence-corrected chi connectivity index (χ0v) is 12.3. The van der Waals surface area contributed by atoms with E-state index in [2.05, 4.69) is 10.3 Å². The number of carbonyl (C=O) groups is 1. The molecule has 112 valence electrons. The third kappa shape index (κ3) is 2.79. The molecule has 0 atom stereocenters. The number of hydrogen-bond acceptors (Lipinski definition) is 3. The third-order valence-corrected chi connectivity index (χ3v) is 3.44. The first-order valence-corrected chi connectivity index (χ1v) is 7.15. The minimum Gasteiger partial charge on any atom is -0.463 e. The Morgan fingerprint density at radius 1 is 1.41 bits per heavy atom. The quantitative estimate of drug-likeness (QED) is 0.736. The molecular weight excluding hydrogens is 278 g/mol. The molecule has 1 N–H and O–H groups in total. The summed E-state index contributed by atoms with van der Waals surface area (Å²) in [6.07, 6.45) is 7.30. The van der Waals surface area contributed by atoms with Crippen molar-refractivity contribution >= 4 is 17.0 Å². The van der Waals surface area contributed by atoms with E-state index in [1.54, 1.807) is 18.5 Å². The number of allylic oxidation sites excluding steroid dienone is 2. The van der Waals surface area contributed by atoms with Gasteiger partial charge in [-0.25, -0.2) is 0 Å². The highest BCUT2D eigenvalue weighted by Gasteiger charge is 2.16. The van der Waals surface area contributed by atoms with Crippen molar-refractivity contribution in [1.82, 2.24) is 14.9 Å². The lowest BCUT2D eigenvalue weighted by molar-refractivity contribution is 0.0942. The second kappa shape index (κ2) is 6.30. The van der Waals surface area contributed by atoms with Crippen LogP contribution in [0.3, 0.4) is 0 Å². The van der Waals surface area contributed by atoms with E-state index in [-0.39, 0.29) is 5.91 Å². The van der Waals surface area contributed by atoms with Gasteiger partial charge in [-0.15, -0.1) is 0 Å².